The van der Waals surface area contributed by atoms with Crippen molar-refractivity contribution in [2.75, 3.05) is 20.1 Å². The molecule has 1 unspecified atom stereocenters. The van der Waals surface area contributed by atoms with E-state index in [0.717, 1.165) is 13.0 Å². The molecule has 0 saturated carbocycles. The monoisotopic (exact) mass is 218 g/mol. The number of hydrogen-bond donors (Lipinski definition) is 1. The van der Waals surface area contributed by atoms with Gasteiger partial charge in [0.15, 0.2) is 0 Å². The molecule has 1 N–H and O–H groups in total. The summed E-state index contributed by atoms with van der Waals surface area (Å²) in [6.07, 6.45) is 0.984. The first-order chi connectivity index (χ1) is 7.65. The lowest BCUT2D eigenvalue weighted by atomic mass is 10.0. The highest BCUT2D eigenvalue weighted by atomic mass is 16.2. The van der Waals surface area contributed by atoms with Gasteiger partial charge in [0.05, 0.1) is 6.54 Å². The molecule has 0 aromatic heterocycles. The molecule has 3 heteroatoms. The number of carbonyl (C=O) groups excluding carboxylic acids is 1. The van der Waals surface area contributed by atoms with E-state index in [4.69, 9.17) is 0 Å². The maximum Gasteiger partial charge on any atom is 0.236 e. The fourth-order valence-corrected chi connectivity index (χ4v) is 2.01. The molecule has 1 aliphatic heterocycles. The highest BCUT2D eigenvalue weighted by molar-refractivity contribution is 5.78. The third-order valence-electron chi connectivity index (χ3n) is 3.06. The number of aryl methyl sites for hydroxylation is 1. The maximum absolute atomic E-state index is 11.3. The molecule has 1 aromatic rings. The van der Waals surface area contributed by atoms with Gasteiger partial charge in [0, 0.05) is 19.6 Å². The summed E-state index contributed by atoms with van der Waals surface area (Å²) in [5, 5.41) is 3.27. The molecule has 1 amide bonds. The van der Waals surface area contributed by atoms with Crippen LogP contribution < -0.4 is 5.32 Å². The number of nitrogens with zero attached hydrogens (tertiary/aromatic N) is 1. The predicted octanol–water partition coefficient (Wildman–Crippen LogP) is 0.968. The van der Waals surface area contributed by atoms with E-state index in [1.165, 1.54) is 11.1 Å². The van der Waals surface area contributed by atoms with E-state index in [-0.39, 0.29) is 5.91 Å². The first-order valence-electron chi connectivity index (χ1n) is 5.68. The molecule has 1 heterocycles. The van der Waals surface area contributed by atoms with Crippen LogP contribution in [0.4, 0.5) is 0 Å². The number of benzene rings is 1. The number of likely N-dealkylation sites (N-methyl/N-ethyl adjacent to an activating group) is 1. The third-order valence-corrected chi connectivity index (χ3v) is 3.06. The quantitative estimate of drug-likeness (QED) is 0.802. The van der Waals surface area contributed by atoms with Crippen LogP contribution in [0.15, 0.2) is 24.3 Å². The average molecular weight is 218 g/mol. The Morgan fingerprint density at radius 3 is 2.69 bits per heavy atom. The molecule has 0 radical (unpaired) electrons. The van der Waals surface area contributed by atoms with Crippen LogP contribution in [0.3, 0.4) is 0 Å². The lowest BCUT2D eigenvalue weighted by Gasteiger charge is -2.30. The molecule has 3 nitrogen and oxygen atoms in total. The van der Waals surface area contributed by atoms with E-state index >= 15 is 0 Å². The Balaban J connectivity index is 1.95. The van der Waals surface area contributed by atoms with Crippen molar-refractivity contribution in [3.05, 3.63) is 35.4 Å². The number of amides is 1. The summed E-state index contributed by atoms with van der Waals surface area (Å²) in [5.41, 5.74) is 2.61. The van der Waals surface area contributed by atoms with Gasteiger partial charge in [-0.3, -0.25) is 4.79 Å². The van der Waals surface area contributed by atoms with Crippen molar-refractivity contribution in [1.82, 2.24) is 10.2 Å². The van der Waals surface area contributed by atoms with Crippen molar-refractivity contribution in [3.8, 4) is 0 Å². The molecule has 0 spiro atoms. The fraction of sp³-hybridized carbons (Fsp3) is 0.462. The molecule has 1 aromatic carbocycles. The predicted molar refractivity (Wildman–Crippen MR) is 64.3 cm³/mol. The maximum atomic E-state index is 11.3. The minimum absolute atomic E-state index is 0.181. The van der Waals surface area contributed by atoms with E-state index in [1.807, 2.05) is 7.05 Å². The summed E-state index contributed by atoms with van der Waals surface area (Å²) in [4.78, 5) is 13.1. The van der Waals surface area contributed by atoms with Crippen LogP contribution in [0, 0.1) is 6.92 Å². The molecule has 2 rings (SSSR count). The topological polar surface area (TPSA) is 32.3 Å². The summed E-state index contributed by atoms with van der Waals surface area (Å²) >= 11 is 0. The van der Waals surface area contributed by atoms with Gasteiger partial charge in [-0.1, -0.05) is 29.8 Å². The van der Waals surface area contributed by atoms with Gasteiger partial charge in [0.25, 0.3) is 0 Å². The first-order valence-corrected chi connectivity index (χ1v) is 5.68. The van der Waals surface area contributed by atoms with Gasteiger partial charge in [-0.05, 0) is 18.9 Å². The molecule has 1 aliphatic rings. The second kappa shape index (κ2) is 4.66. The number of rotatable bonds is 2. The Morgan fingerprint density at radius 2 is 2.06 bits per heavy atom. The van der Waals surface area contributed by atoms with Crippen LogP contribution in [0.5, 0.6) is 0 Å². The molecule has 0 bridgehead atoms. The number of carbonyl (C=O) groups is 1. The van der Waals surface area contributed by atoms with Crippen LogP contribution in [0.2, 0.25) is 0 Å². The molecule has 1 saturated heterocycles. The van der Waals surface area contributed by atoms with E-state index in [0.29, 0.717) is 12.6 Å². The fourth-order valence-electron chi connectivity index (χ4n) is 2.01. The number of nitrogens with one attached hydrogen (secondary N) is 1. The van der Waals surface area contributed by atoms with Gasteiger partial charge in [-0.2, -0.15) is 0 Å². The van der Waals surface area contributed by atoms with Crippen LogP contribution in [0.1, 0.15) is 11.1 Å². The van der Waals surface area contributed by atoms with Crippen molar-refractivity contribution in [2.24, 2.45) is 0 Å². The molecule has 86 valence electrons. The average Bonchev–Trinajstić information content (AvgIpc) is 2.27. The van der Waals surface area contributed by atoms with Crippen molar-refractivity contribution in [1.29, 1.82) is 0 Å². The van der Waals surface area contributed by atoms with E-state index in [2.05, 4.69) is 36.5 Å². The zero-order chi connectivity index (χ0) is 11.5. The molecule has 0 aliphatic carbocycles. The Kier molecular flexibility index (Phi) is 3.25. The highest BCUT2D eigenvalue weighted by Crippen LogP contribution is 2.08. The largest absolute Gasteiger partial charge is 0.343 e. The Labute approximate surface area is 96.5 Å². The van der Waals surface area contributed by atoms with Crippen molar-refractivity contribution < 1.29 is 4.79 Å². The van der Waals surface area contributed by atoms with Gasteiger partial charge in [0.1, 0.15) is 0 Å². The Morgan fingerprint density at radius 1 is 1.38 bits per heavy atom. The SMILES string of the molecule is Cc1ccc(CC2CN(C)C(=O)CN2)cc1. The normalized spacial score (nSPS) is 21.2. The van der Waals surface area contributed by atoms with Gasteiger partial charge >= 0.3 is 0 Å². The Bertz CT molecular complexity index is 372. The standard InChI is InChI=1S/C13H18N2O/c1-10-3-5-11(6-4-10)7-12-9-15(2)13(16)8-14-12/h3-6,12,14H,7-9H2,1-2H3. The highest BCUT2D eigenvalue weighted by Gasteiger charge is 2.21. The first kappa shape index (κ1) is 11.1. The summed E-state index contributed by atoms with van der Waals surface area (Å²) in [6, 6.07) is 8.96. The van der Waals surface area contributed by atoms with Crippen molar-refractivity contribution >= 4 is 5.91 Å². The second-order valence-corrected chi connectivity index (χ2v) is 4.54. The molecule has 16 heavy (non-hydrogen) atoms. The summed E-state index contributed by atoms with van der Waals surface area (Å²) in [6.45, 7) is 3.36. The Hall–Kier alpha value is -1.35. The number of piperazine rings is 1. The number of hydrogen-bond acceptors (Lipinski definition) is 2. The van der Waals surface area contributed by atoms with Gasteiger partial charge < -0.3 is 10.2 Å². The third kappa shape index (κ3) is 2.61. The second-order valence-electron chi connectivity index (χ2n) is 4.54. The lowest BCUT2D eigenvalue weighted by Crippen LogP contribution is -2.53. The summed E-state index contributed by atoms with van der Waals surface area (Å²) in [7, 11) is 1.87. The zero-order valence-corrected chi connectivity index (χ0v) is 9.86. The summed E-state index contributed by atoms with van der Waals surface area (Å²) < 4.78 is 0. The van der Waals surface area contributed by atoms with Crippen LogP contribution >= 0.6 is 0 Å². The minimum Gasteiger partial charge on any atom is -0.343 e. The summed E-state index contributed by atoms with van der Waals surface area (Å²) in [5.74, 6) is 0.181. The van der Waals surface area contributed by atoms with Crippen LogP contribution in [-0.4, -0.2) is 37.0 Å². The van der Waals surface area contributed by atoms with Crippen molar-refractivity contribution in [2.45, 2.75) is 19.4 Å². The zero-order valence-electron chi connectivity index (χ0n) is 9.86. The molecular weight excluding hydrogens is 200 g/mol. The van der Waals surface area contributed by atoms with E-state index < -0.39 is 0 Å². The smallest absolute Gasteiger partial charge is 0.236 e. The molecule has 1 fully saturated rings. The van der Waals surface area contributed by atoms with Gasteiger partial charge in [-0.25, -0.2) is 0 Å². The van der Waals surface area contributed by atoms with Gasteiger partial charge in [0.2, 0.25) is 5.91 Å². The van der Waals surface area contributed by atoms with Crippen LogP contribution in [0.25, 0.3) is 0 Å². The molecular formula is C13H18N2O. The van der Waals surface area contributed by atoms with E-state index in [9.17, 15) is 4.79 Å². The van der Waals surface area contributed by atoms with E-state index in [1.54, 1.807) is 4.90 Å². The van der Waals surface area contributed by atoms with Crippen LogP contribution in [-0.2, 0) is 11.2 Å². The lowest BCUT2D eigenvalue weighted by molar-refractivity contribution is -0.131. The van der Waals surface area contributed by atoms with Crippen molar-refractivity contribution in [3.63, 3.8) is 0 Å². The molecule has 1 atom stereocenters. The van der Waals surface area contributed by atoms with Gasteiger partial charge in [-0.15, -0.1) is 0 Å². The minimum atomic E-state index is 0.181.